The van der Waals surface area contributed by atoms with Crippen molar-refractivity contribution >= 4 is 17.9 Å². The molecule has 0 aromatic rings. The smallest absolute Gasteiger partial charge is 0.303 e. The van der Waals surface area contributed by atoms with Crippen LogP contribution in [0.1, 0.15) is 27.7 Å². The fourth-order valence-corrected chi connectivity index (χ4v) is 1.92. The topological polar surface area (TPSA) is 88.1 Å². The maximum Gasteiger partial charge on any atom is 0.303 e. The third-order valence-corrected chi connectivity index (χ3v) is 2.60. The molecule has 0 aromatic heterocycles. The predicted molar refractivity (Wildman–Crippen MR) is 62.1 cm³/mol. The molecule has 4 unspecified atom stereocenters. The molecule has 108 valence electrons. The van der Waals surface area contributed by atoms with Gasteiger partial charge in [0, 0.05) is 20.8 Å². The van der Waals surface area contributed by atoms with Crippen LogP contribution in [0.15, 0.2) is 0 Å². The second-order valence-electron chi connectivity index (χ2n) is 4.33. The molecule has 1 aliphatic heterocycles. The van der Waals surface area contributed by atoms with Gasteiger partial charge in [0.15, 0.2) is 18.3 Å². The van der Waals surface area contributed by atoms with Crippen molar-refractivity contribution in [3.63, 3.8) is 0 Å². The molecule has 0 saturated carbocycles. The van der Waals surface area contributed by atoms with Crippen LogP contribution in [0.5, 0.6) is 0 Å². The molecule has 0 aromatic carbocycles. The number of carbonyl (C=O) groups is 3. The fourth-order valence-electron chi connectivity index (χ4n) is 1.92. The minimum Gasteiger partial charge on any atom is -0.456 e. The van der Waals surface area contributed by atoms with Gasteiger partial charge in [-0.2, -0.15) is 0 Å². The van der Waals surface area contributed by atoms with Gasteiger partial charge >= 0.3 is 17.9 Å². The van der Waals surface area contributed by atoms with Gasteiger partial charge in [-0.3, -0.25) is 14.4 Å². The van der Waals surface area contributed by atoms with Gasteiger partial charge in [0.2, 0.25) is 0 Å². The van der Waals surface area contributed by atoms with E-state index in [0.717, 1.165) is 0 Å². The number of carbonyl (C=O) groups excluding carboxylic acids is 3. The summed E-state index contributed by atoms with van der Waals surface area (Å²) in [5, 5.41) is 0. The average Bonchev–Trinajstić information content (AvgIpc) is 2.25. The van der Waals surface area contributed by atoms with Crippen LogP contribution in [-0.2, 0) is 33.3 Å². The molecule has 0 N–H and O–H groups in total. The van der Waals surface area contributed by atoms with Crippen LogP contribution in [-0.4, -0.2) is 48.9 Å². The second-order valence-corrected chi connectivity index (χ2v) is 4.33. The molecule has 1 heterocycles. The highest BCUT2D eigenvalue weighted by Gasteiger charge is 2.44. The van der Waals surface area contributed by atoms with Crippen LogP contribution in [0.3, 0.4) is 0 Å². The third kappa shape index (κ3) is 4.51. The zero-order valence-electron chi connectivity index (χ0n) is 11.4. The maximum absolute atomic E-state index is 11.1. The van der Waals surface area contributed by atoms with Crippen molar-refractivity contribution in [3.05, 3.63) is 0 Å². The highest BCUT2D eigenvalue weighted by Crippen LogP contribution is 2.24. The van der Waals surface area contributed by atoms with E-state index in [1.807, 2.05) is 0 Å². The maximum atomic E-state index is 11.1. The summed E-state index contributed by atoms with van der Waals surface area (Å²) >= 11 is 0. The van der Waals surface area contributed by atoms with Gasteiger partial charge in [0.25, 0.3) is 0 Å². The molecule has 1 aliphatic rings. The predicted octanol–water partition coefficient (Wildman–Crippen LogP) is 0.200. The van der Waals surface area contributed by atoms with E-state index in [9.17, 15) is 14.4 Å². The molecule has 1 saturated heterocycles. The summed E-state index contributed by atoms with van der Waals surface area (Å²) in [7, 11) is 0. The summed E-state index contributed by atoms with van der Waals surface area (Å²) in [6.07, 6.45) is -2.92. The van der Waals surface area contributed by atoms with Crippen molar-refractivity contribution in [2.24, 2.45) is 0 Å². The minimum absolute atomic E-state index is 0.0798. The van der Waals surface area contributed by atoms with Crippen LogP contribution in [0, 0.1) is 0 Å². The van der Waals surface area contributed by atoms with E-state index in [-0.39, 0.29) is 6.61 Å². The molecule has 19 heavy (non-hydrogen) atoms. The van der Waals surface area contributed by atoms with Crippen molar-refractivity contribution in [2.45, 2.75) is 52.1 Å². The lowest BCUT2D eigenvalue weighted by atomic mass is 10.0. The second kappa shape index (κ2) is 6.51. The Hall–Kier alpha value is -1.63. The van der Waals surface area contributed by atoms with E-state index in [1.54, 1.807) is 6.92 Å². The monoisotopic (exact) mass is 274 g/mol. The number of esters is 3. The molecular formula is C12H18O7. The molecule has 0 bridgehead atoms. The molecule has 1 rings (SSSR count). The summed E-state index contributed by atoms with van der Waals surface area (Å²) in [4.78, 5) is 33.3. The zero-order chi connectivity index (χ0) is 14.6. The van der Waals surface area contributed by atoms with E-state index < -0.39 is 42.3 Å². The van der Waals surface area contributed by atoms with Gasteiger partial charge in [-0.1, -0.05) is 0 Å². The van der Waals surface area contributed by atoms with E-state index in [2.05, 4.69) is 0 Å². The number of hydrogen-bond acceptors (Lipinski definition) is 7. The molecule has 4 atom stereocenters. The Labute approximate surface area is 111 Å². The highest BCUT2D eigenvalue weighted by molar-refractivity contribution is 5.68. The van der Waals surface area contributed by atoms with Crippen molar-refractivity contribution in [2.75, 3.05) is 6.61 Å². The quantitative estimate of drug-likeness (QED) is 0.536. The van der Waals surface area contributed by atoms with Gasteiger partial charge in [0.1, 0.15) is 0 Å². The molecule has 7 nitrogen and oxygen atoms in total. The molecule has 0 radical (unpaired) electrons. The van der Waals surface area contributed by atoms with E-state index in [4.69, 9.17) is 18.9 Å². The van der Waals surface area contributed by atoms with E-state index in [0.29, 0.717) is 0 Å². The Balaban J connectivity index is 2.89. The number of hydrogen-bond donors (Lipinski definition) is 0. The van der Waals surface area contributed by atoms with Crippen LogP contribution >= 0.6 is 0 Å². The lowest BCUT2D eigenvalue weighted by molar-refractivity contribution is -0.222. The molecular weight excluding hydrogens is 256 g/mol. The number of rotatable bonds is 3. The normalized spacial score (nSPS) is 30.3. The first kappa shape index (κ1) is 15.4. The first-order valence-corrected chi connectivity index (χ1v) is 5.94. The Morgan fingerprint density at radius 3 is 1.84 bits per heavy atom. The van der Waals surface area contributed by atoms with Crippen molar-refractivity contribution in [1.82, 2.24) is 0 Å². The standard InChI is InChI=1S/C12H18O7/c1-6-11(18-8(3)14)12(19-9(4)15)10(5-16-6)17-7(2)13/h6,10-12H,5H2,1-4H3. The summed E-state index contributed by atoms with van der Waals surface area (Å²) < 4.78 is 20.6. The van der Waals surface area contributed by atoms with Crippen LogP contribution in [0.4, 0.5) is 0 Å². The largest absolute Gasteiger partial charge is 0.456 e. The summed E-state index contributed by atoms with van der Waals surface area (Å²) in [5.74, 6) is -1.60. The van der Waals surface area contributed by atoms with Gasteiger partial charge in [-0.25, -0.2) is 0 Å². The molecule has 7 heteroatoms. The first-order chi connectivity index (χ1) is 8.81. The Morgan fingerprint density at radius 1 is 0.895 bits per heavy atom. The minimum atomic E-state index is -0.867. The molecule has 0 spiro atoms. The molecule has 0 aliphatic carbocycles. The van der Waals surface area contributed by atoms with Crippen LogP contribution in [0.2, 0.25) is 0 Å². The Bertz CT molecular complexity index is 365. The van der Waals surface area contributed by atoms with Crippen LogP contribution < -0.4 is 0 Å². The fraction of sp³-hybridized carbons (Fsp3) is 0.750. The lowest BCUT2D eigenvalue weighted by Crippen LogP contribution is -2.56. The van der Waals surface area contributed by atoms with Gasteiger partial charge in [-0.05, 0) is 6.92 Å². The van der Waals surface area contributed by atoms with Crippen molar-refractivity contribution in [3.8, 4) is 0 Å². The van der Waals surface area contributed by atoms with Crippen LogP contribution in [0.25, 0.3) is 0 Å². The third-order valence-electron chi connectivity index (χ3n) is 2.60. The summed E-state index contributed by atoms with van der Waals surface area (Å²) in [6.45, 7) is 5.48. The van der Waals surface area contributed by atoms with Gasteiger partial charge in [-0.15, -0.1) is 0 Å². The van der Waals surface area contributed by atoms with Gasteiger partial charge in [0.05, 0.1) is 12.7 Å². The van der Waals surface area contributed by atoms with Gasteiger partial charge < -0.3 is 18.9 Å². The van der Waals surface area contributed by atoms with Crippen molar-refractivity contribution < 1.29 is 33.3 Å². The van der Waals surface area contributed by atoms with Crippen molar-refractivity contribution in [1.29, 1.82) is 0 Å². The van der Waals surface area contributed by atoms with E-state index >= 15 is 0 Å². The molecule has 1 fully saturated rings. The summed E-state index contributed by atoms with van der Waals surface area (Å²) in [6, 6.07) is 0. The van der Waals surface area contributed by atoms with E-state index in [1.165, 1.54) is 20.8 Å². The number of ether oxygens (including phenoxy) is 4. The summed E-state index contributed by atoms with van der Waals surface area (Å²) in [5.41, 5.74) is 0. The Kier molecular flexibility index (Phi) is 5.29. The average molecular weight is 274 g/mol. The zero-order valence-corrected chi connectivity index (χ0v) is 11.4. The highest BCUT2D eigenvalue weighted by atomic mass is 16.6. The Morgan fingerprint density at radius 2 is 1.37 bits per heavy atom. The SMILES string of the molecule is CC(=O)OC1COC(C)C(OC(C)=O)C1OC(C)=O. The molecule has 0 amide bonds. The first-order valence-electron chi connectivity index (χ1n) is 5.94. The lowest BCUT2D eigenvalue weighted by Gasteiger charge is -2.39.